The highest BCUT2D eigenvalue weighted by molar-refractivity contribution is 6.18. The van der Waals surface area contributed by atoms with Gasteiger partial charge in [0.05, 0.1) is 6.42 Å². The fourth-order valence-corrected chi connectivity index (χ4v) is 2.21. The van der Waals surface area contributed by atoms with Gasteiger partial charge in [-0.1, -0.05) is 0 Å². The van der Waals surface area contributed by atoms with Gasteiger partial charge in [0.25, 0.3) is 0 Å². The summed E-state index contributed by atoms with van der Waals surface area (Å²) >= 11 is 5.64. The van der Waals surface area contributed by atoms with E-state index in [0.29, 0.717) is 25.5 Å². The summed E-state index contributed by atoms with van der Waals surface area (Å²) in [5.41, 5.74) is 0. The van der Waals surface area contributed by atoms with Crippen LogP contribution in [-0.4, -0.2) is 60.5 Å². The molecule has 0 N–H and O–H groups in total. The highest BCUT2D eigenvalue weighted by Crippen LogP contribution is 2.22. The van der Waals surface area contributed by atoms with E-state index in [0.717, 1.165) is 19.5 Å². The van der Waals surface area contributed by atoms with E-state index in [1.54, 1.807) is 0 Å². The minimum Gasteiger partial charge on any atom is -0.341 e. The van der Waals surface area contributed by atoms with Gasteiger partial charge < -0.3 is 9.80 Å². The summed E-state index contributed by atoms with van der Waals surface area (Å²) in [6.45, 7) is 3.31. The molecule has 1 aliphatic heterocycles. The maximum atomic E-state index is 12.0. The molecule has 0 aromatic rings. The Morgan fingerprint density at radius 1 is 1.17 bits per heavy atom. The Morgan fingerprint density at radius 3 is 2.50 bits per heavy atom. The van der Waals surface area contributed by atoms with Gasteiger partial charge in [0.1, 0.15) is 0 Å². The third-order valence-electron chi connectivity index (χ3n) is 2.96. The molecule has 0 bridgehead atoms. The molecule has 0 aromatic carbocycles. The zero-order valence-corrected chi connectivity index (χ0v) is 10.9. The van der Waals surface area contributed by atoms with Crippen LogP contribution in [0.3, 0.4) is 0 Å². The Hall–Kier alpha value is -0.490. The molecule has 3 nitrogen and oxygen atoms in total. The molecule has 1 fully saturated rings. The number of alkyl halides is 4. The van der Waals surface area contributed by atoms with Crippen molar-refractivity contribution in [1.29, 1.82) is 0 Å². The number of halogens is 4. The Kier molecular flexibility index (Phi) is 6.21. The smallest absolute Gasteiger partial charge is 0.341 e. The first kappa shape index (κ1) is 15.6. The molecule has 1 amide bonds. The minimum absolute atomic E-state index is 0.403. The standard InChI is InChI=1S/C11H18ClF3N2O/c12-4-7-16-5-1-6-17(9-8-16)10(18)2-3-11(13,14)15/h1-9H2. The van der Waals surface area contributed by atoms with E-state index in [1.165, 1.54) is 4.90 Å². The molecule has 0 radical (unpaired) electrons. The minimum atomic E-state index is -4.26. The average Bonchev–Trinajstić information content (AvgIpc) is 2.51. The van der Waals surface area contributed by atoms with E-state index in [9.17, 15) is 18.0 Å². The van der Waals surface area contributed by atoms with Crippen LogP contribution in [0, 0.1) is 0 Å². The first-order chi connectivity index (χ1) is 8.42. The molecule has 1 heterocycles. The monoisotopic (exact) mass is 286 g/mol. The highest BCUT2D eigenvalue weighted by atomic mass is 35.5. The van der Waals surface area contributed by atoms with Crippen molar-refractivity contribution in [3.8, 4) is 0 Å². The number of nitrogens with zero attached hydrogens (tertiary/aromatic N) is 2. The van der Waals surface area contributed by atoms with Crippen LogP contribution in [0.1, 0.15) is 19.3 Å². The predicted octanol–water partition coefficient (Wildman–Crippen LogP) is 2.10. The summed E-state index contributed by atoms with van der Waals surface area (Å²) in [6.07, 6.45) is -4.95. The molecule has 18 heavy (non-hydrogen) atoms. The van der Waals surface area contributed by atoms with Gasteiger partial charge in [-0.2, -0.15) is 13.2 Å². The van der Waals surface area contributed by atoms with Crippen molar-refractivity contribution >= 4 is 17.5 Å². The lowest BCUT2D eigenvalue weighted by Gasteiger charge is -2.21. The normalized spacial score (nSPS) is 18.8. The molecule has 0 unspecified atom stereocenters. The second-order valence-corrected chi connectivity index (χ2v) is 4.76. The van der Waals surface area contributed by atoms with Crippen LogP contribution in [-0.2, 0) is 4.79 Å². The molecular weight excluding hydrogens is 269 g/mol. The maximum Gasteiger partial charge on any atom is 0.389 e. The lowest BCUT2D eigenvalue weighted by atomic mass is 10.2. The second kappa shape index (κ2) is 7.19. The van der Waals surface area contributed by atoms with Gasteiger partial charge in [-0.3, -0.25) is 4.79 Å². The first-order valence-corrected chi connectivity index (χ1v) is 6.58. The third-order valence-corrected chi connectivity index (χ3v) is 3.13. The zero-order valence-electron chi connectivity index (χ0n) is 10.2. The van der Waals surface area contributed by atoms with Crippen LogP contribution in [0.4, 0.5) is 13.2 Å². The largest absolute Gasteiger partial charge is 0.389 e. The second-order valence-electron chi connectivity index (χ2n) is 4.38. The molecule has 106 valence electrons. The van der Waals surface area contributed by atoms with Crippen LogP contribution in [0.25, 0.3) is 0 Å². The average molecular weight is 287 g/mol. The third kappa shape index (κ3) is 5.91. The van der Waals surface area contributed by atoms with E-state index in [4.69, 9.17) is 11.6 Å². The van der Waals surface area contributed by atoms with Gasteiger partial charge in [-0.05, 0) is 13.0 Å². The van der Waals surface area contributed by atoms with Crippen LogP contribution in [0.15, 0.2) is 0 Å². The van der Waals surface area contributed by atoms with Gasteiger partial charge in [0.2, 0.25) is 5.91 Å². The van der Waals surface area contributed by atoms with E-state index in [-0.39, 0.29) is 0 Å². The fourth-order valence-electron chi connectivity index (χ4n) is 1.97. The maximum absolute atomic E-state index is 12.0. The number of amides is 1. The SMILES string of the molecule is O=C(CCC(F)(F)F)N1CCCN(CCCl)CC1. The van der Waals surface area contributed by atoms with Gasteiger partial charge >= 0.3 is 6.18 Å². The highest BCUT2D eigenvalue weighted by Gasteiger charge is 2.29. The zero-order chi connectivity index (χ0) is 13.6. The first-order valence-electron chi connectivity index (χ1n) is 6.05. The molecule has 0 saturated carbocycles. The van der Waals surface area contributed by atoms with Crippen LogP contribution in [0.5, 0.6) is 0 Å². The molecule has 1 rings (SSSR count). The molecular formula is C11H18ClF3N2O. The summed E-state index contributed by atoms with van der Waals surface area (Å²) in [7, 11) is 0. The van der Waals surface area contributed by atoms with Crippen molar-refractivity contribution in [2.45, 2.75) is 25.4 Å². The molecule has 7 heteroatoms. The molecule has 0 atom stereocenters. The molecule has 0 aromatic heterocycles. The molecule has 1 saturated heterocycles. The summed E-state index contributed by atoms with van der Waals surface area (Å²) in [4.78, 5) is 15.3. The lowest BCUT2D eigenvalue weighted by Crippen LogP contribution is -2.36. The summed E-state index contributed by atoms with van der Waals surface area (Å²) in [5, 5.41) is 0. The Bertz CT molecular complexity index is 274. The van der Waals surface area contributed by atoms with Crippen molar-refractivity contribution in [1.82, 2.24) is 9.80 Å². The van der Waals surface area contributed by atoms with E-state index < -0.39 is 24.9 Å². The van der Waals surface area contributed by atoms with Crippen LogP contribution >= 0.6 is 11.6 Å². The van der Waals surface area contributed by atoms with Gasteiger partial charge in [0, 0.05) is 38.5 Å². The van der Waals surface area contributed by atoms with Crippen molar-refractivity contribution in [3.05, 3.63) is 0 Å². The van der Waals surface area contributed by atoms with Crippen LogP contribution in [0.2, 0.25) is 0 Å². The summed E-state index contributed by atoms with van der Waals surface area (Å²) in [5.74, 6) is 0.127. The van der Waals surface area contributed by atoms with E-state index >= 15 is 0 Å². The number of hydrogen-bond donors (Lipinski definition) is 0. The molecule has 0 spiro atoms. The van der Waals surface area contributed by atoms with Gasteiger partial charge in [-0.15, -0.1) is 11.6 Å². The number of carbonyl (C=O) groups is 1. The van der Waals surface area contributed by atoms with Crippen molar-refractivity contribution in [3.63, 3.8) is 0 Å². The van der Waals surface area contributed by atoms with Crippen molar-refractivity contribution in [2.75, 3.05) is 38.6 Å². The molecule has 1 aliphatic rings. The Morgan fingerprint density at radius 2 is 1.89 bits per heavy atom. The summed E-state index contributed by atoms with van der Waals surface area (Å²) in [6, 6.07) is 0. The van der Waals surface area contributed by atoms with Gasteiger partial charge in [-0.25, -0.2) is 0 Å². The van der Waals surface area contributed by atoms with Crippen molar-refractivity contribution < 1.29 is 18.0 Å². The lowest BCUT2D eigenvalue weighted by molar-refractivity contribution is -0.149. The quantitative estimate of drug-likeness (QED) is 0.739. The fraction of sp³-hybridized carbons (Fsp3) is 0.909. The Labute approximate surface area is 110 Å². The Balaban J connectivity index is 2.35. The topological polar surface area (TPSA) is 23.6 Å². The number of carbonyl (C=O) groups excluding carboxylic acids is 1. The number of hydrogen-bond acceptors (Lipinski definition) is 2. The van der Waals surface area contributed by atoms with E-state index in [2.05, 4.69) is 4.90 Å². The van der Waals surface area contributed by atoms with Crippen molar-refractivity contribution in [2.24, 2.45) is 0 Å². The summed E-state index contributed by atoms with van der Waals surface area (Å²) < 4.78 is 36.1. The van der Waals surface area contributed by atoms with Gasteiger partial charge in [0.15, 0.2) is 0 Å². The molecule has 0 aliphatic carbocycles. The van der Waals surface area contributed by atoms with Crippen LogP contribution < -0.4 is 0 Å². The number of rotatable bonds is 4. The predicted molar refractivity (Wildman–Crippen MR) is 63.6 cm³/mol. The van der Waals surface area contributed by atoms with E-state index in [1.807, 2.05) is 0 Å².